The average molecular weight is 297 g/mol. The van der Waals surface area contributed by atoms with Gasteiger partial charge in [0.25, 0.3) is 5.91 Å². The summed E-state index contributed by atoms with van der Waals surface area (Å²) in [7, 11) is 1.50. The number of carbonyl (C=O) groups excluding carboxylic acids is 1. The lowest BCUT2D eigenvalue weighted by molar-refractivity contribution is 0.0937. The van der Waals surface area contributed by atoms with Gasteiger partial charge in [0.2, 0.25) is 0 Å². The van der Waals surface area contributed by atoms with Crippen LogP contribution in [-0.4, -0.2) is 41.4 Å². The summed E-state index contributed by atoms with van der Waals surface area (Å²) in [6, 6.07) is 4.90. The molecule has 0 bridgehead atoms. The maximum absolute atomic E-state index is 11.8. The van der Waals surface area contributed by atoms with Gasteiger partial charge < -0.3 is 20.3 Å². The van der Waals surface area contributed by atoms with Crippen LogP contribution < -0.4 is 10.1 Å². The van der Waals surface area contributed by atoms with Gasteiger partial charge in [-0.3, -0.25) is 4.79 Å². The lowest BCUT2D eigenvalue weighted by atomic mass is 10.1. The van der Waals surface area contributed by atoms with Crippen LogP contribution in [0.2, 0.25) is 5.15 Å². The molecule has 1 heterocycles. The predicted molar refractivity (Wildman–Crippen MR) is 74.4 cm³/mol. The molecule has 3 N–H and O–H groups in total. The Balaban J connectivity index is 2.57. The first-order valence-electron chi connectivity index (χ1n) is 5.83. The lowest BCUT2D eigenvalue weighted by Gasteiger charge is -2.10. The zero-order valence-electron chi connectivity index (χ0n) is 10.7. The predicted octanol–water partition coefficient (Wildman–Crippen LogP) is 1.32. The summed E-state index contributed by atoms with van der Waals surface area (Å²) in [6.45, 7) is -0.143. The molecular weight excluding hydrogens is 284 g/mol. The number of nitrogens with zero attached hydrogens (tertiary/aromatic N) is 1. The van der Waals surface area contributed by atoms with E-state index in [0.29, 0.717) is 16.5 Å². The third-order valence-corrected chi connectivity index (χ3v) is 3.04. The molecule has 106 valence electrons. The molecule has 1 amide bonds. The molecule has 2 aromatic rings. The third-order valence-electron chi connectivity index (χ3n) is 2.75. The highest BCUT2D eigenvalue weighted by Gasteiger charge is 2.18. The van der Waals surface area contributed by atoms with Crippen molar-refractivity contribution < 1.29 is 19.7 Å². The van der Waals surface area contributed by atoms with Crippen LogP contribution in [0, 0.1) is 0 Å². The topological polar surface area (TPSA) is 91.7 Å². The molecule has 0 aliphatic carbocycles. The van der Waals surface area contributed by atoms with E-state index in [1.807, 2.05) is 0 Å². The number of ether oxygens (including phenoxy) is 1. The largest absolute Gasteiger partial charge is 0.505 e. The lowest BCUT2D eigenvalue weighted by Crippen LogP contribution is -2.27. The number of aliphatic hydroxyl groups excluding tert-OH is 1. The van der Waals surface area contributed by atoms with Crippen LogP contribution in [0.1, 0.15) is 10.5 Å². The van der Waals surface area contributed by atoms with Crippen molar-refractivity contribution in [1.82, 2.24) is 10.3 Å². The summed E-state index contributed by atoms with van der Waals surface area (Å²) >= 11 is 6.02. The number of nitrogens with one attached hydrogen (secondary N) is 1. The number of rotatable bonds is 4. The van der Waals surface area contributed by atoms with E-state index < -0.39 is 5.91 Å². The van der Waals surface area contributed by atoms with Crippen LogP contribution in [-0.2, 0) is 0 Å². The molecule has 6 nitrogen and oxygen atoms in total. The van der Waals surface area contributed by atoms with Crippen molar-refractivity contribution in [2.75, 3.05) is 20.3 Å². The smallest absolute Gasteiger partial charge is 0.273 e. The minimum atomic E-state index is -0.608. The van der Waals surface area contributed by atoms with E-state index in [1.54, 1.807) is 18.2 Å². The van der Waals surface area contributed by atoms with Gasteiger partial charge in [-0.2, -0.15) is 0 Å². The summed E-state index contributed by atoms with van der Waals surface area (Å²) in [4.78, 5) is 15.7. The number of hydrogen-bond acceptors (Lipinski definition) is 5. The van der Waals surface area contributed by atoms with Crippen LogP contribution in [0.4, 0.5) is 0 Å². The molecule has 2 rings (SSSR count). The van der Waals surface area contributed by atoms with Crippen molar-refractivity contribution in [3.63, 3.8) is 0 Å². The molecule has 0 saturated heterocycles. The van der Waals surface area contributed by atoms with Crippen molar-refractivity contribution in [2.45, 2.75) is 0 Å². The number of aromatic hydroxyl groups is 1. The van der Waals surface area contributed by atoms with E-state index >= 15 is 0 Å². The van der Waals surface area contributed by atoms with Crippen LogP contribution in [0.5, 0.6) is 11.5 Å². The molecule has 1 aromatic carbocycles. The molecule has 0 atom stereocenters. The van der Waals surface area contributed by atoms with Gasteiger partial charge in [0, 0.05) is 17.3 Å². The Bertz CT molecular complexity index is 660. The second kappa shape index (κ2) is 5.94. The van der Waals surface area contributed by atoms with Gasteiger partial charge in [-0.15, -0.1) is 0 Å². The zero-order chi connectivity index (χ0) is 14.7. The molecule has 0 unspecified atom stereocenters. The van der Waals surface area contributed by atoms with Crippen LogP contribution in [0.25, 0.3) is 10.8 Å². The van der Waals surface area contributed by atoms with Crippen molar-refractivity contribution in [1.29, 1.82) is 0 Å². The molecule has 0 radical (unpaired) electrons. The molecule has 0 aliphatic heterocycles. The number of hydrogen-bond donors (Lipinski definition) is 3. The van der Waals surface area contributed by atoms with Crippen molar-refractivity contribution >= 4 is 28.3 Å². The number of halogens is 1. The van der Waals surface area contributed by atoms with E-state index in [0.717, 1.165) is 0 Å². The third kappa shape index (κ3) is 2.61. The fourth-order valence-corrected chi connectivity index (χ4v) is 2.03. The summed E-state index contributed by atoms with van der Waals surface area (Å²) < 4.78 is 5.07. The standard InChI is InChI=1S/C13H13ClN2O4/c1-20-7-2-3-8-9(6-7)11(18)10(16-12(8)14)13(19)15-4-5-17/h2-3,6,17-18H,4-5H2,1H3,(H,15,19). The van der Waals surface area contributed by atoms with Gasteiger partial charge in [0.1, 0.15) is 10.9 Å². The maximum atomic E-state index is 11.8. The minimum absolute atomic E-state index is 0.0632. The summed E-state index contributed by atoms with van der Waals surface area (Å²) in [5.74, 6) is -0.362. The van der Waals surface area contributed by atoms with Gasteiger partial charge in [0.05, 0.1) is 13.7 Å². The molecule has 1 aromatic heterocycles. The average Bonchev–Trinajstić information content (AvgIpc) is 2.47. The zero-order valence-corrected chi connectivity index (χ0v) is 11.4. The number of fused-ring (bicyclic) bond motifs is 1. The van der Waals surface area contributed by atoms with E-state index in [9.17, 15) is 9.90 Å². The highest BCUT2D eigenvalue weighted by molar-refractivity contribution is 6.35. The molecule has 7 heteroatoms. The van der Waals surface area contributed by atoms with Gasteiger partial charge in [0.15, 0.2) is 11.4 Å². The van der Waals surface area contributed by atoms with Crippen molar-refractivity contribution in [3.8, 4) is 11.5 Å². The van der Waals surface area contributed by atoms with Crippen LogP contribution in [0.15, 0.2) is 18.2 Å². The number of carbonyl (C=O) groups is 1. The molecule has 0 saturated carbocycles. The van der Waals surface area contributed by atoms with Gasteiger partial charge >= 0.3 is 0 Å². The first kappa shape index (κ1) is 14.4. The Kier molecular flexibility index (Phi) is 4.26. The second-order valence-electron chi connectivity index (χ2n) is 3.99. The highest BCUT2D eigenvalue weighted by Crippen LogP contribution is 2.34. The number of methoxy groups -OCH3 is 1. The maximum Gasteiger partial charge on any atom is 0.273 e. The monoisotopic (exact) mass is 296 g/mol. The van der Waals surface area contributed by atoms with Gasteiger partial charge in [-0.05, 0) is 18.2 Å². The first-order chi connectivity index (χ1) is 9.58. The Morgan fingerprint density at radius 2 is 2.20 bits per heavy atom. The fraction of sp³-hybridized carbons (Fsp3) is 0.231. The summed E-state index contributed by atoms with van der Waals surface area (Å²) in [5.41, 5.74) is -0.191. The SMILES string of the molecule is COc1ccc2c(Cl)nc(C(=O)NCCO)c(O)c2c1. The number of aliphatic hydroxyl groups is 1. The van der Waals surface area contributed by atoms with E-state index in [1.165, 1.54) is 7.11 Å². The molecule has 0 aliphatic rings. The molecule has 20 heavy (non-hydrogen) atoms. The van der Waals surface area contributed by atoms with Gasteiger partial charge in [-0.25, -0.2) is 4.98 Å². The quantitative estimate of drug-likeness (QED) is 0.740. The number of benzene rings is 1. The first-order valence-corrected chi connectivity index (χ1v) is 6.21. The second-order valence-corrected chi connectivity index (χ2v) is 4.35. The minimum Gasteiger partial charge on any atom is -0.505 e. The summed E-state index contributed by atoms with van der Waals surface area (Å²) in [5, 5.41) is 22.3. The van der Waals surface area contributed by atoms with Crippen molar-refractivity contribution in [3.05, 3.63) is 29.0 Å². The Labute approximate surface area is 120 Å². The molecule has 0 fully saturated rings. The normalized spacial score (nSPS) is 10.6. The number of pyridine rings is 1. The number of aromatic nitrogens is 1. The highest BCUT2D eigenvalue weighted by atomic mass is 35.5. The molecule has 0 spiro atoms. The Hall–Kier alpha value is -2.05. The van der Waals surface area contributed by atoms with Crippen LogP contribution in [0.3, 0.4) is 0 Å². The fourth-order valence-electron chi connectivity index (χ4n) is 1.78. The van der Waals surface area contributed by atoms with E-state index in [2.05, 4.69) is 10.3 Å². The Morgan fingerprint density at radius 1 is 1.45 bits per heavy atom. The van der Waals surface area contributed by atoms with Gasteiger partial charge in [-0.1, -0.05) is 11.6 Å². The van der Waals surface area contributed by atoms with E-state index in [4.69, 9.17) is 21.4 Å². The molecular formula is C13H13ClN2O4. The van der Waals surface area contributed by atoms with Crippen LogP contribution >= 0.6 is 11.6 Å². The van der Waals surface area contributed by atoms with Crippen molar-refractivity contribution in [2.24, 2.45) is 0 Å². The number of amides is 1. The Morgan fingerprint density at radius 3 is 2.85 bits per heavy atom. The summed E-state index contributed by atoms with van der Waals surface area (Å²) in [6.07, 6.45) is 0. The van der Waals surface area contributed by atoms with E-state index in [-0.39, 0.29) is 29.7 Å².